The molecule has 1 aromatic rings. The van der Waals surface area contributed by atoms with E-state index in [2.05, 4.69) is 10.1 Å². The molecule has 0 aliphatic rings. The van der Waals surface area contributed by atoms with Gasteiger partial charge in [0.2, 0.25) is 0 Å². The number of anilines is 1. The summed E-state index contributed by atoms with van der Waals surface area (Å²) in [7, 11) is 0.140. The van der Waals surface area contributed by atoms with Crippen LogP contribution in [-0.2, 0) is 16.0 Å². The number of carboxylic acid groups (broad SMARTS) is 1. The summed E-state index contributed by atoms with van der Waals surface area (Å²) >= 11 is 11.7. The van der Waals surface area contributed by atoms with Crippen molar-refractivity contribution in [3.05, 3.63) is 29.3 Å². The van der Waals surface area contributed by atoms with Gasteiger partial charge >= 0.3 is 5.97 Å². The maximum absolute atomic E-state index is 11.0. The predicted octanol–water partition coefficient (Wildman–Crippen LogP) is 1.80. The highest BCUT2D eigenvalue weighted by Gasteiger charge is 2.16. The van der Waals surface area contributed by atoms with Gasteiger partial charge in [-0.1, -0.05) is 6.07 Å². The van der Waals surface area contributed by atoms with Gasteiger partial charge in [-0.2, -0.15) is 0 Å². The Balaban J connectivity index is 2.96. The van der Waals surface area contributed by atoms with E-state index in [-0.39, 0.29) is 19.9 Å². The second kappa shape index (κ2) is 11.3. The number of aryl methyl sites for hydroxylation is 1. The monoisotopic (exact) mass is 372 g/mol. The number of carbonyl (C=O) groups is 2. The molecule has 0 aliphatic heterocycles. The Labute approximate surface area is 153 Å². The lowest BCUT2D eigenvalue weighted by molar-refractivity contribution is -0.137. The maximum Gasteiger partial charge on any atom is 0.304 e. The summed E-state index contributed by atoms with van der Waals surface area (Å²) in [6.45, 7) is 3.38. The number of hydrogen-bond acceptors (Lipinski definition) is 4. The minimum atomic E-state index is -0.891. The number of hydrogen-bond donors (Lipinski definition) is 2. The van der Waals surface area contributed by atoms with Crippen LogP contribution in [0.15, 0.2) is 18.2 Å². The van der Waals surface area contributed by atoms with Gasteiger partial charge in [0.1, 0.15) is 0 Å². The predicted molar refractivity (Wildman–Crippen MR) is 102 cm³/mol. The molecular formula is C16H23BCl2N2O3. The molecule has 0 amide bonds. The third kappa shape index (κ3) is 7.12. The van der Waals surface area contributed by atoms with Crippen molar-refractivity contribution in [1.82, 2.24) is 5.23 Å². The Morgan fingerprint density at radius 2 is 2.04 bits per heavy atom. The molecule has 0 aromatic heterocycles. The maximum atomic E-state index is 11.0. The molecule has 0 saturated heterocycles. The van der Waals surface area contributed by atoms with Gasteiger partial charge in [0.15, 0.2) is 0 Å². The van der Waals surface area contributed by atoms with E-state index >= 15 is 0 Å². The zero-order valence-electron chi connectivity index (χ0n) is 13.8. The summed E-state index contributed by atoms with van der Waals surface area (Å²) in [4.78, 5) is 23.7. The van der Waals surface area contributed by atoms with Crippen molar-refractivity contribution in [2.24, 2.45) is 0 Å². The first-order chi connectivity index (χ1) is 11.5. The van der Waals surface area contributed by atoms with Crippen molar-refractivity contribution in [2.75, 3.05) is 29.7 Å². The summed E-state index contributed by atoms with van der Waals surface area (Å²) < 4.78 is 0. The van der Waals surface area contributed by atoms with E-state index in [0.717, 1.165) is 23.0 Å². The van der Waals surface area contributed by atoms with Crippen molar-refractivity contribution < 1.29 is 14.7 Å². The van der Waals surface area contributed by atoms with Crippen molar-refractivity contribution in [3.8, 4) is 0 Å². The molecule has 0 saturated carbocycles. The molecule has 0 fully saturated rings. The zero-order valence-corrected chi connectivity index (χ0v) is 15.3. The van der Waals surface area contributed by atoms with Crippen LogP contribution in [0.4, 0.5) is 5.69 Å². The van der Waals surface area contributed by atoms with Crippen LogP contribution in [-0.4, -0.2) is 55.6 Å². The number of rotatable bonds is 12. The lowest BCUT2D eigenvalue weighted by Gasteiger charge is -2.25. The summed E-state index contributed by atoms with van der Waals surface area (Å²) in [5.74, 6) is 0.115. The molecule has 0 spiro atoms. The summed E-state index contributed by atoms with van der Waals surface area (Å²) in [6, 6.07) is 5.78. The largest absolute Gasteiger partial charge is 0.481 e. The number of carbonyl (C=O) groups excluding carboxylic acids is 1. The first kappa shape index (κ1) is 20.8. The van der Waals surface area contributed by atoms with Gasteiger partial charge in [-0.05, 0) is 36.6 Å². The Hall–Kier alpha value is -1.24. The third-order valence-corrected chi connectivity index (χ3v) is 4.12. The third-order valence-electron chi connectivity index (χ3n) is 3.78. The quantitative estimate of drug-likeness (QED) is 0.332. The summed E-state index contributed by atoms with van der Waals surface area (Å²) in [6.07, 6.45) is 1.24. The van der Waals surface area contributed by atoms with E-state index in [4.69, 9.17) is 28.3 Å². The molecule has 0 unspecified atom stereocenters. The van der Waals surface area contributed by atoms with Crippen molar-refractivity contribution in [3.63, 3.8) is 0 Å². The number of aliphatic carboxylic acids is 1. The molecule has 0 aliphatic carbocycles. The van der Waals surface area contributed by atoms with Crippen LogP contribution < -0.4 is 10.1 Å². The van der Waals surface area contributed by atoms with Gasteiger partial charge in [0.05, 0.1) is 12.6 Å². The van der Waals surface area contributed by atoms with E-state index < -0.39 is 5.97 Å². The SMILES string of the molecule is Cc1ccc(N(CCCl)CCCl)cc1C[C@@H](CC(=O)O)NBC=O. The summed E-state index contributed by atoms with van der Waals surface area (Å²) in [5, 5.41) is 12.0. The lowest BCUT2D eigenvalue weighted by Crippen LogP contribution is -2.37. The van der Waals surface area contributed by atoms with E-state index in [1.54, 1.807) is 0 Å². The molecule has 5 nitrogen and oxygen atoms in total. The fourth-order valence-electron chi connectivity index (χ4n) is 2.56. The second-order valence-electron chi connectivity index (χ2n) is 5.55. The lowest BCUT2D eigenvalue weighted by atomic mass is 9.91. The van der Waals surface area contributed by atoms with Crippen molar-refractivity contribution >= 4 is 48.5 Å². The van der Waals surface area contributed by atoms with Crippen LogP contribution >= 0.6 is 23.2 Å². The highest BCUT2D eigenvalue weighted by molar-refractivity contribution is 6.64. The molecule has 0 radical (unpaired) electrons. The first-order valence-corrected chi connectivity index (χ1v) is 8.94. The van der Waals surface area contributed by atoms with E-state index in [1.807, 2.05) is 25.1 Å². The van der Waals surface area contributed by atoms with Gasteiger partial charge in [-0.3, -0.25) is 4.79 Å². The molecular weight excluding hydrogens is 350 g/mol. The van der Waals surface area contributed by atoms with Crippen LogP contribution in [0.1, 0.15) is 17.5 Å². The van der Waals surface area contributed by atoms with E-state index in [0.29, 0.717) is 31.3 Å². The molecule has 8 heteroatoms. The average molecular weight is 373 g/mol. The van der Waals surface area contributed by atoms with Gasteiger partial charge in [0, 0.05) is 36.6 Å². The Morgan fingerprint density at radius 3 is 2.58 bits per heavy atom. The Kier molecular flexibility index (Phi) is 9.83. The van der Waals surface area contributed by atoms with Crippen LogP contribution in [0, 0.1) is 6.92 Å². The van der Waals surface area contributed by atoms with Gasteiger partial charge in [0.25, 0.3) is 7.41 Å². The minimum absolute atomic E-state index is 0.0371. The normalized spacial score (nSPS) is 11.8. The number of nitrogens with zero attached hydrogens (tertiary/aromatic N) is 1. The average Bonchev–Trinajstić information content (AvgIpc) is 2.54. The molecule has 1 atom stereocenters. The number of halogens is 2. The smallest absolute Gasteiger partial charge is 0.304 e. The van der Waals surface area contributed by atoms with E-state index in [9.17, 15) is 9.59 Å². The number of alkyl halides is 2. The van der Waals surface area contributed by atoms with Crippen LogP contribution in [0.5, 0.6) is 0 Å². The highest BCUT2D eigenvalue weighted by Crippen LogP contribution is 2.21. The Morgan fingerprint density at radius 1 is 1.38 bits per heavy atom. The van der Waals surface area contributed by atoms with Crippen LogP contribution in [0.3, 0.4) is 0 Å². The fourth-order valence-corrected chi connectivity index (χ4v) is 2.96. The topological polar surface area (TPSA) is 69.6 Å². The van der Waals surface area contributed by atoms with Crippen LogP contribution in [0.2, 0.25) is 0 Å². The van der Waals surface area contributed by atoms with Gasteiger partial charge in [-0.25, -0.2) is 0 Å². The molecule has 0 bridgehead atoms. The van der Waals surface area contributed by atoms with Crippen LogP contribution in [0.25, 0.3) is 0 Å². The summed E-state index contributed by atoms with van der Waals surface area (Å²) in [5.41, 5.74) is 3.14. The Bertz CT molecular complexity index is 540. The highest BCUT2D eigenvalue weighted by atomic mass is 35.5. The molecule has 0 heterocycles. The standard InChI is InChI=1S/C16H23BCl2N2O3/c1-12-2-3-15(21(6-4-18)7-5-19)9-13(12)8-14(10-16(23)24)20-17-11-22/h2-3,9,11,14,17,20H,4-8,10H2,1H3,(H,23,24)/t14-/m0/s1. The van der Waals surface area contributed by atoms with Gasteiger partial charge in [-0.15, -0.1) is 23.2 Å². The van der Waals surface area contributed by atoms with Gasteiger partial charge < -0.3 is 20.0 Å². The molecule has 1 aromatic carbocycles. The molecule has 132 valence electrons. The minimum Gasteiger partial charge on any atom is -0.481 e. The number of nitrogens with one attached hydrogen (secondary N) is 1. The zero-order chi connectivity index (χ0) is 17.9. The van der Waals surface area contributed by atoms with E-state index in [1.165, 1.54) is 0 Å². The second-order valence-corrected chi connectivity index (χ2v) is 6.31. The number of benzene rings is 1. The van der Waals surface area contributed by atoms with Crippen molar-refractivity contribution in [1.29, 1.82) is 0 Å². The molecule has 24 heavy (non-hydrogen) atoms. The first-order valence-electron chi connectivity index (χ1n) is 7.87. The fraction of sp³-hybridized carbons (Fsp3) is 0.500. The molecule has 2 N–H and O–H groups in total. The number of carboxylic acids is 1. The van der Waals surface area contributed by atoms with Crippen molar-refractivity contribution in [2.45, 2.75) is 25.8 Å². The molecule has 1 rings (SSSR count).